The van der Waals surface area contributed by atoms with E-state index in [-0.39, 0.29) is 8.88 Å². The van der Waals surface area contributed by atoms with E-state index in [0.29, 0.717) is 19.0 Å². The van der Waals surface area contributed by atoms with E-state index in [9.17, 15) is 4.79 Å². The number of carbonyl (C=O) groups is 1. The van der Waals surface area contributed by atoms with Crippen LogP contribution in [0.2, 0.25) is 0 Å². The fraction of sp³-hybridized carbons (Fsp3) is 0.615. The summed E-state index contributed by atoms with van der Waals surface area (Å²) in [4.78, 5) is 11.2. The van der Waals surface area contributed by atoms with Crippen molar-refractivity contribution in [3.05, 3.63) is 23.8 Å². The highest BCUT2D eigenvalue weighted by atomic mass is 16.2. The molecule has 0 atom stereocenters. The Kier molecular flexibility index (Phi) is 8.31. The van der Waals surface area contributed by atoms with E-state index >= 15 is 0 Å². The first-order valence-corrected chi connectivity index (χ1v) is 5.99. The quantitative estimate of drug-likeness (QED) is 0.673. The van der Waals surface area contributed by atoms with Gasteiger partial charge in [-0.05, 0) is 24.8 Å². The number of carbonyl (C=O) groups excluding carboxylic acids is 1. The summed E-state index contributed by atoms with van der Waals surface area (Å²) in [6.45, 7) is 9.50. The van der Waals surface area contributed by atoms with Gasteiger partial charge in [0.2, 0.25) is 0 Å². The van der Waals surface area contributed by atoms with Crippen LogP contribution in [0.3, 0.4) is 0 Å². The van der Waals surface area contributed by atoms with Gasteiger partial charge in [0.1, 0.15) is 0 Å². The molecule has 0 aliphatic rings. The van der Waals surface area contributed by atoms with E-state index in [1.807, 2.05) is 6.92 Å². The maximum Gasteiger partial charge on any atom is 0.315 e. The second-order valence-corrected chi connectivity index (χ2v) is 4.01. The van der Waals surface area contributed by atoms with Gasteiger partial charge >= 0.3 is 6.03 Å². The Balaban J connectivity index is -0.00000112. The Morgan fingerprint density at radius 2 is 2.00 bits per heavy atom. The lowest BCUT2D eigenvalue weighted by Crippen LogP contribution is -2.36. The molecule has 0 aromatic carbocycles. The molecule has 0 spiro atoms. The zero-order valence-electron chi connectivity index (χ0n) is 10.8. The Morgan fingerprint density at radius 3 is 2.50 bits per heavy atom. The summed E-state index contributed by atoms with van der Waals surface area (Å²) >= 11 is 0. The molecule has 0 aromatic heterocycles. The van der Waals surface area contributed by atoms with Gasteiger partial charge in [-0.1, -0.05) is 39.0 Å². The molecule has 2 amide bonds. The van der Waals surface area contributed by atoms with Gasteiger partial charge in [0.25, 0.3) is 0 Å². The predicted molar refractivity (Wildman–Crippen MR) is 73.7 cm³/mol. The molecule has 0 saturated carbocycles. The lowest BCUT2D eigenvalue weighted by Gasteiger charge is -2.08. The maximum atomic E-state index is 11.2. The minimum atomic E-state index is -0.109. The van der Waals surface area contributed by atoms with Crippen LogP contribution in [0.5, 0.6) is 0 Å². The van der Waals surface area contributed by atoms with Gasteiger partial charge in [-0.3, -0.25) is 0 Å². The summed E-state index contributed by atoms with van der Waals surface area (Å²) in [7, 11) is 0. The third kappa shape index (κ3) is 8.09. The van der Waals surface area contributed by atoms with E-state index in [1.165, 1.54) is 0 Å². The van der Waals surface area contributed by atoms with Gasteiger partial charge in [0.05, 0.1) is 0 Å². The van der Waals surface area contributed by atoms with Crippen molar-refractivity contribution < 1.29 is 7.65 Å². The summed E-state index contributed by atoms with van der Waals surface area (Å²) in [5, 5.41) is 5.54. The number of urea groups is 1. The van der Waals surface area contributed by atoms with Crippen molar-refractivity contribution in [3.8, 4) is 0 Å². The number of amides is 2. The van der Waals surface area contributed by atoms with Crippen molar-refractivity contribution in [1.29, 1.82) is 0 Å². The highest BCUT2D eigenvalue weighted by Gasteiger charge is 1.99. The number of allylic oxidation sites excluding steroid dienone is 2. The van der Waals surface area contributed by atoms with Gasteiger partial charge in [-0.25, -0.2) is 4.79 Å². The monoisotopic (exact) mass is 228 g/mol. The smallest absolute Gasteiger partial charge is 0.315 e. The molecule has 0 unspecified atom stereocenters. The predicted octanol–water partition coefficient (Wildman–Crippen LogP) is 3.35. The van der Waals surface area contributed by atoms with Crippen LogP contribution in [0.25, 0.3) is 0 Å². The van der Waals surface area contributed by atoms with Gasteiger partial charge in [0.15, 0.2) is 0 Å². The van der Waals surface area contributed by atoms with Crippen LogP contribution in [0.15, 0.2) is 23.8 Å². The standard InChI is InChI=1S/C13H24N2O.2H2/c1-5-7-8-12(9-11(3)4)10-15-13(16)14-6-2;;/h7-9,11H,5-6,10H2,1-4H3,(H2,14,15,16);2*1H/b8-7-,12-9+;;. The van der Waals surface area contributed by atoms with Crippen LogP contribution in [0.4, 0.5) is 4.79 Å². The van der Waals surface area contributed by atoms with Crippen molar-refractivity contribution in [3.63, 3.8) is 0 Å². The summed E-state index contributed by atoms with van der Waals surface area (Å²) in [5.74, 6) is 0.493. The van der Waals surface area contributed by atoms with Crippen LogP contribution in [0.1, 0.15) is 37.0 Å². The molecule has 0 heterocycles. The van der Waals surface area contributed by atoms with Crippen LogP contribution in [-0.2, 0) is 0 Å². The fourth-order valence-corrected chi connectivity index (χ4v) is 1.28. The van der Waals surface area contributed by atoms with Crippen LogP contribution in [-0.4, -0.2) is 19.1 Å². The Morgan fingerprint density at radius 1 is 1.31 bits per heavy atom. The van der Waals surface area contributed by atoms with E-state index in [0.717, 1.165) is 12.0 Å². The Labute approximate surface area is 102 Å². The first-order chi connectivity index (χ1) is 7.60. The molecule has 3 heteroatoms. The largest absolute Gasteiger partial charge is 0.338 e. The molecule has 0 aromatic rings. The summed E-state index contributed by atoms with van der Waals surface area (Å²) < 4.78 is 0. The molecule has 2 N–H and O–H groups in total. The highest BCUT2D eigenvalue weighted by Crippen LogP contribution is 2.03. The summed E-state index contributed by atoms with van der Waals surface area (Å²) in [6.07, 6.45) is 7.36. The van der Waals surface area contributed by atoms with E-state index in [4.69, 9.17) is 0 Å². The van der Waals surface area contributed by atoms with Gasteiger partial charge < -0.3 is 10.6 Å². The average molecular weight is 228 g/mol. The van der Waals surface area contributed by atoms with Crippen LogP contribution in [0, 0.1) is 5.92 Å². The van der Waals surface area contributed by atoms with Crippen molar-refractivity contribution in [2.24, 2.45) is 5.92 Å². The second-order valence-electron chi connectivity index (χ2n) is 4.01. The normalized spacial score (nSPS) is 12.2. The van der Waals surface area contributed by atoms with Gasteiger partial charge in [-0.2, -0.15) is 0 Å². The number of hydrogen-bond acceptors (Lipinski definition) is 1. The van der Waals surface area contributed by atoms with Crippen LogP contribution >= 0.6 is 0 Å². The molecule has 0 aliphatic carbocycles. The van der Waals surface area contributed by atoms with Gasteiger partial charge in [0, 0.05) is 15.9 Å². The number of hydrogen-bond donors (Lipinski definition) is 2. The highest BCUT2D eigenvalue weighted by molar-refractivity contribution is 5.74. The summed E-state index contributed by atoms with van der Waals surface area (Å²) in [5.41, 5.74) is 1.16. The Hall–Kier alpha value is -1.25. The molecule has 96 valence electrons. The first kappa shape index (κ1) is 14.8. The minimum absolute atomic E-state index is 0. The zero-order valence-corrected chi connectivity index (χ0v) is 10.8. The molecule has 0 fully saturated rings. The Bertz CT molecular complexity index is 264. The molecule has 0 aliphatic heterocycles. The first-order valence-electron chi connectivity index (χ1n) is 5.99. The molecule has 3 nitrogen and oxygen atoms in total. The lowest BCUT2D eigenvalue weighted by molar-refractivity contribution is 0.242. The topological polar surface area (TPSA) is 41.1 Å². The third-order valence-corrected chi connectivity index (χ3v) is 1.91. The molecular weight excluding hydrogens is 200 g/mol. The van der Waals surface area contributed by atoms with E-state index in [2.05, 4.69) is 49.6 Å². The zero-order chi connectivity index (χ0) is 12.4. The number of rotatable bonds is 6. The SMILES string of the molecule is CC/C=C\C(=C/C(C)C)CNC(=O)NCC.[HH].[HH]. The molecule has 0 saturated heterocycles. The molecule has 0 radical (unpaired) electrons. The van der Waals surface area contributed by atoms with Crippen molar-refractivity contribution in [1.82, 2.24) is 10.6 Å². The maximum absolute atomic E-state index is 11.2. The van der Waals surface area contributed by atoms with Crippen molar-refractivity contribution >= 4 is 6.03 Å². The second kappa shape index (κ2) is 9.01. The van der Waals surface area contributed by atoms with Crippen LogP contribution < -0.4 is 10.6 Å². The lowest BCUT2D eigenvalue weighted by atomic mass is 10.1. The molecule has 0 rings (SSSR count). The third-order valence-electron chi connectivity index (χ3n) is 1.91. The minimum Gasteiger partial charge on any atom is -0.338 e. The summed E-state index contributed by atoms with van der Waals surface area (Å²) in [6, 6.07) is -0.109. The van der Waals surface area contributed by atoms with Gasteiger partial charge in [-0.15, -0.1) is 0 Å². The number of nitrogens with one attached hydrogen (secondary N) is 2. The average Bonchev–Trinajstić information content (AvgIpc) is 2.22. The van der Waals surface area contributed by atoms with E-state index < -0.39 is 0 Å². The van der Waals surface area contributed by atoms with E-state index in [1.54, 1.807) is 0 Å². The fourth-order valence-electron chi connectivity index (χ4n) is 1.28. The van der Waals surface area contributed by atoms with Crippen molar-refractivity contribution in [2.45, 2.75) is 34.1 Å². The van der Waals surface area contributed by atoms with Crippen molar-refractivity contribution in [2.75, 3.05) is 13.1 Å². The molecular formula is C13H28N2O. The molecule has 0 bridgehead atoms. The molecule has 16 heavy (non-hydrogen) atoms.